The van der Waals surface area contributed by atoms with Crippen molar-refractivity contribution in [3.05, 3.63) is 46.9 Å². The number of carbonyl (C=O) groups is 1. The lowest BCUT2D eigenvalue weighted by Gasteiger charge is -2.17. The van der Waals surface area contributed by atoms with Crippen molar-refractivity contribution in [1.82, 2.24) is 25.5 Å². The van der Waals surface area contributed by atoms with Crippen LogP contribution >= 0.6 is 11.6 Å². The number of nitrogens with one attached hydrogen (secondary N) is 3. The van der Waals surface area contributed by atoms with Crippen LogP contribution in [0.4, 0.5) is 4.39 Å². The molecule has 1 aromatic carbocycles. The van der Waals surface area contributed by atoms with Crippen molar-refractivity contribution in [2.75, 3.05) is 6.61 Å². The number of fused-ring (bicyclic) bond motifs is 1. The molecule has 3 aromatic rings. The zero-order valence-electron chi connectivity index (χ0n) is 12.3. The summed E-state index contributed by atoms with van der Waals surface area (Å²) in [5.41, 5.74) is 0.793. The van der Waals surface area contributed by atoms with E-state index in [1.165, 1.54) is 18.5 Å². The Morgan fingerprint density at radius 2 is 2.33 bits per heavy atom. The van der Waals surface area contributed by atoms with Crippen LogP contribution in [0.1, 0.15) is 28.8 Å². The van der Waals surface area contributed by atoms with Gasteiger partial charge in [-0.1, -0.05) is 11.6 Å². The molecule has 0 spiro atoms. The van der Waals surface area contributed by atoms with Crippen molar-refractivity contribution < 1.29 is 13.9 Å². The average molecular weight is 350 g/mol. The first-order chi connectivity index (χ1) is 11.6. The lowest BCUT2D eigenvalue weighted by molar-refractivity contribution is 0.0789. The molecule has 9 heteroatoms. The zero-order chi connectivity index (χ0) is 16.7. The van der Waals surface area contributed by atoms with Gasteiger partial charge in [0.1, 0.15) is 23.9 Å². The summed E-state index contributed by atoms with van der Waals surface area (Å²) in [6.07, 6.45) is 1.64. The molecule has 1 aliphatic heterocycles. The van der Waals surface area contributed by atoms with Gasteiger partial charge >= 0.3 is 0 Å². The van der Waals surface area contributed by atoms with Gasteiger partial charge in [0.25, 0.3) is 5.91 Å². The molecule has 0 radical (unpaired) electrons. The van der Waals surface area contributed by atoms with Gasteiger partial charge in [-0.25, -0.2) is 9.37 Å². The summed E-state index contributed by atoms with van der Waals surface area (Å²) >= 11 is 6.23. The molecule has 3 N–H and O–H groups in total. The van der Waals surface area contributed by atoms with Crippen LogP contribution in [0.3, 0.4) is 0 Å². The van der Waals surface area contributed by atoms with Crippen LogP contribution in [-0.4, -0.2) is 38.7 Å². The summed E-state index contributed by atoms with van der Waals surface area (Å²) in [5.74, 6) is -0.232. The smallest absolute Gasteiger partial charge is 0.269 e. The number of aromatic amines is 2. The second kappa shape index (κ2) is 5.88. The summed E-state index contributed by atoms with van der Waals surface area (Å²) < 4.78 is 19.0. The van der Waals surface area contributed by atoms with Crippen LogP contribution in [0, 0.1) is 5.82 Å². The molecule has 0 saturated carbocycles. The number of hydrogen-bond donors (Lipinski definition) is 3. The Bertz CT molecular complexity index is 895. The number of H-pyrrole nitrogens is 2. The minimum atomic E-state index is -0.412. The van der Waals surface area contributed by atoms with Crippen molar-refractivity contribution >= 4 is 28.4 Å². The van der Waals surface area contributed by atoms with Gasteiger partial charge in [0.15, 0.2) is 5.82 Å². The number of amides is 1. The van der Waals surface area contributed by atoms with Gasteiger partial charge in [0, 0.05) is 17.5 Å². The van der Waals surface area contributed by atoms with E-state index in [-0.39, 0.29) is 22.7 Å². The molecule has 3 heterocycles. The van der Waals surface area contributed by atoms with Crippen molar-refractivity contribution in [2.45, 2.75) is 18.6 Å². The molecule has 124 valence electrons. The molecular weight excluding hydrogens is 337 g/mol. The maximum absolute atomic E-state index is 13.4. The standard InChI is InChI=1S/C15H13ClFN5O2/c16-11-8-5-7(17)1-2-9(8)20-12(11)15(23)21-10-3-4-24-13(10)14-18-6-19-22-14/h1-2,5-6,10,13,20H,3-4H2,(H,21,23)(H,18,19,22)/t10-,13+/m0/s1. The van der Waals surface area contributed by atoms with Crippen LogP contribution in [0.5, 0.6) is 0 Å². The molecule has 0 aliphatic carbocycles. The topological polar surface area (TPSA) is 95.7 Å². The van der Waals surface area contributed by atoms with Gasteiger partial charge < -0.3 is 15.0 Å². The number of carbonyl (C=O) groups excluding carboxylic acids is 1. The van der Waals surface area contributed by atoms with E-state index in [2.05, 4.69) is 25.5 Å². The number of halogens is 2. The molecule has 7 nitrogen and oxygen atoms in total. The van der Waals surface area contributed by atoms with E-state index in [1.807, 2.05) is 0 Å². The Hall–Kier alpha value is -2.45. The van der Waals surface area contributed by atoms with Gasteiger partial charge in [-0.2, -0.15) is 5.10 Å². The van der Waals surface area contributed by atoms with E-state index in [9.17, 15) is 9.18 Å². The Balaban J connectivity index is 1.59. The zero-order valence-corrected chi connectivity index (χ0v) is 13.1. The van der Waals surface area contributed by atoms with E-state index >= 15 is 0 Å². The quantitative estimate of drug-likeness (QED) is 0.676. The third-order valence-corrected chi connectivity index (χ3v) is 4.43. The maximum Gasteiger partial charge on any atom is 0.269 e. The SMILES string of the molecule is O=C(N[C@H]1CCO[C@H]1c1ncn[nH]1)c1[nH]c2ccc(F)cc2c1Cl. The van der Waals surface area contributed by atoms with Crippen LogP contribution in [0.15, 0.2) is 24.5 Å². The molecule has 1 fully saturated rings. The molecule has 1 saturated heterocycles. The highest BCUT2D eigenvalue weighted by molar-refractivity contribution is 6.38. The summed E-state index contributed by atoms with van der Waals surface area (Å²) in [6, 6.07) is 3.89. The molecule has 1 amide bonds. The second-order valence-corrected chi connectivity index (χ2v) is 5.91. The molecule has 2 aromatic heterocycles. The first kappa shape index (κ1) is 15.1. The Morgan fingerprint density at radius 3 is 3.12 bits per heavy atom. The number of ether oxygens (including phenoxy) is 1. The Labute approximate surface area is 140 Å². The molecule has 1 aliphatic rings. The number of nitrogens with zero attached hydrogens (tertiary/aromatic N) is 2. The fourth-order valence-electron chi connectivity index (χ4n) is 2.89. The van der Waals surface area contributed by atoms with Gasteiger partial charge in [-0.05, 0) is 24.6 Å². The van der Waals surface area contributed by atoms with Crippen molar-refractivity contribution in [2.24, 2.45) is 0 Å². The van der Waals surface area contributed by atoms with E-state index in [1.54, 1.807) is 6.07 Å². The highest BCUT2D eigenvalue weighted by Crippen LogP contribution is 2.30. The minimum Gasteiger partial charge on any atom is -0.368 e. The summed E-state index contributed by atoms with van der Waals surface area (Å²) in [4.78, 5) is 19.6. The molecule has 0 unspecified atom stereocenters. The van der Waals surface area contributed by atoms with Crippen molar-refractivity contribution in [1.29, 1.82) is 0 Å². The fourth-order valence-corrected chi connectivity index (χ4v) is 3.18. The van der Waals surface area contributed by atoms with E-state index in [4.69, 9.17) is 16.3 Å². The summed E-state index contributed by atoms with van der Waals surface area (Å²) in [5, 5.41) is 10.1. The normalized spacial score (nSPS) is 20.6. The Morgan fingerprint density at radius 1 is 1.46 bits per heavy atom. The van der Waals surface area contributed by atoms with Crippen LogP contribution < -0.4 is 5.32 Å². The van der Waals surface area contributed by atoms with Crippen molar-refractivity contribution in [3.8, 4) is 0 Å². The third kappa shape index (κ3) is 2.53. The second-order valence-electron chi connectivity index (χ2n) is 5.53. The molecule has 2 atom stereocenters. The molecular formula is C15H13ClFN5O2. The van der Waals surface area contributed by atoms with Gasteiger partial charge in [-0.3, -0.25) is 9.89 Å². The predicted molar refractivity (Wildman–Crippen MR) is 84.2 cm³/mol. The summed E-state index contributed by atoms with van der Waals surface area (Å²) in [7, 11) is 0. The van der Waals surface area contributed by atoms with Crippen LogP contribution in [-0.2, 0) is 4.74 Å². The monoisotopic (exact) mass is 349 g/mol. The predicted octanol–water partition coefficient (Wildman–Crippen LogP) is 2.34. The highest BCUT2D eigenvalue weighted by atomic mass is 35.5. The summed E-state index contributed by atoms with van der Waals surface area (Å²) in [6.45, 7) is 0.502. The first-order valence-electron chi connectivity index (χ1n) is 7.38. The molecule has 0 bridgehead atoms. The van der Waals surface area contributed by atoms with Gasteiger partial charge in [-0.15, -0.1) is 0 Å². The van der Waals surface area contributed by atoms with E-state index in [0.29, 0.717) is 29.8 Å². The fraction of sp³-hybridized carbons (Fsp3) is 0.267. The number of aromatic nitrogens is 4. The van der Waals surface area contributed by atoms with Gasteiger partial charge in [0.2, 0.25) is 0 Å². The average Bonchev–Trinajstić information content (AvgIpc) is 3.28. The minimum absolute atomic E-state index is 0.192. The first-order valence-corrected chi connectivity index (χ1v) is 7.76. The lowest BCUT2D eigenvalue weighted by atomic mass is 10.1. The number of hydrogen-bond acceptors (Lipinski definition) is 4. The van der Waals surface area contributed by atoms with Crippen LogP contribution in [0.25, 0.3) is 10.9 Å². The van der Waals surface area contributed by atoms with Gasteiger partial charge in [0.05, 0.1) is 11.1 Å². The number of benzene rings is 1. The van der Waals surface area contributed by atoms with Crippen LogP contribution in [0.2, 0.25) is 5.02 Å². The molecule has 4 rings (SSSR count). The third-order valence-electron chi connectivity index (χ3n) is 4.04. The number of rotatable bonds is 3. The van der Waals surface area contributed by atoms with Crippen molar-refractivity contribution in [3.63, 3.8) is 0 Å². The Kier molecular flexibility index (Phi) is 3.70. The van der Waals surface area contributed by atoms with E-state index < -0.39 is 11.9 Å². The molecule has 24 heavy (non-hydrogen) atoms. The maximum atomic E-state index is 13.4. The highest BCUT2D eigenvalue weighted by Gasteiger charge is 2.34. The lowest BCUT2D eigenvalue weighted by Crippen LogP contribution is -2.37. The van der Waals surface area contributed by atoms with E-state index in [0.717, 1.165) is 0 Å². The largest absolute Gasteiger partial charge is 0.368 e.